The van der Waals surface area contributed by atoms with Gasteiger partial charge in [-0.05, 0) is 18.9 Å². The van der Waals surface area contributed by atoms with Gasteiger partial charge < -0.3 is 9.88 Å². The van der Waals surface area contributed by atoms with E-state index < -0.39 is 15.9 Å². The van der Waals surface area contributed by atoms with Crippen LogP contribution < -0.4 is 10.5 Å². The van der Waals surface area contributed by atoms with Gasteiger partial charge in [0.1, 0.15) is 10.6 Å². The maximum atomic E-state index is 12.3. The number of rotatable bonds is 4. The lowest BCUT2D eigenvalue weighted by Crippen LogP contribution is -2.15. The first-order chi connectivity index (χ1) is 10.3. The number of hydrogen-bond acceptors (Lipinski definition) is 4. The van der Waals surface area contributed by atoms with Gasteiger partial charge in [-0.2, -0.15) is 5.10 Å². The van der Waals surface area contributed by atoms with E-state index in [0.717, 1.165) is 18.5 Å². The number of amides is 1. The van der Waals surface area contributed by atoms with Gasteiger partial charge in [-0.15, -0.1) is 0 Å². The Morgan fingerprint density at radius 1 is 1.36 bits per heavy atom. The summed E-state index contributed by atoms with van der Waals surface area (Å²) < 4.78 is 25.8. The third-order valence-electron chi connectivity index (χ3n) is 3.69. The Labute approximate surface area is 128 Å². The Kier molecular flexibility index (Phi) is 3.33. The number of aromatic nitrogens is 3. The molecule has 9 heteroatoms. The van der Waals surface area contributed by atoms with Crippen LogP contribution in [0.4, 0.5) is 5.82 Å². The fourth-order valence-corrected chi connectivity index (χ4v) is 2.98. The number of anilines is 1. The van der Waals surface area contributed by atoms with E-state index in [0.29, 0.717) is 11.7 Å². The number of hydrogen-bond donors (Lipinski definition) is 2. The zero-order valence-electron chi connectivity index (χ0n) is 12.3. The van der Waals surface area contributed by atoms with Gasteiger partial charge in [-0.3, -0.25) is 9.48 Å². The van der Waals surface area contributed by atoms with Crippen molar-refractivity contribution in [2.24, 2.45) is 19.2 Å². The van der Waals surface area contributed by atoms with Gasteiger partial charge in [0.2, 0.25) is 10.0 Å². The Morgan fingerprint density at radius 2 is 2.05 bits per heavy atom. The topological polar surface area (TPSA) is 112 Å². The van der Waals surface area contributed by atoms with Gasteiger partial charge in [-0.1, -0.05) is 0 Å². The highest BCUT2D eigenvalue weighted by Crippen LogP contribution is 2.40. The number of primary sulfonamides is 1. The molecule has 0 spiro atoms. The molecule has 118 valence electrons. The summed E-state index contributed by atoms with van der Waals surface area (Å²) in [7, 11) is -0.418. The van der Waals surface area contributed by atoms with Gasteiger partial charge >= 0.3 is 0 Å². The zero-order chi connectivity index (χ0) is 16.1. The monoisotopic (exact) mass is 323 g/mol. The lowest BCUT2D eigenvalue weighted by Gasteiger charge is -2.02. The number of aryl methyl sites for hydroxylation is 2. The van der Waals surface area contributed by atoms with Crippen molar-refractivity contribution in [3.8, 4) is 0 Å². The summed E-state index contributed by atoms with van der Waals surface area (Å²) in [6.45, 7) is 0. The van der Waals surface area contributed by atoms with Crippen LogP contribution in [-0.4, -0.2) is 28.7 Å². The highest BCUT2D eigenvalue weighted by molar-refractivity contribution is 7.89. The third-order valence-corrected chi connectivity index (χ3v) is 4.57. The fraction of sp³-hybridized carbons (Fsp3) is 0.385. The van der Waals surface area contributed by atoms with Crippen LogP contribution in [0.5, 0.6) is 0 Å². The van der Waals surface area contributed by atoms with Gasteiger partial charge in [-0.25, -0.2) is 13.6 Å². The average Bonchev–Trinajstić information content (AvgIpc) is 3.06. The molecule has 2 aromatic heterocycles. The van der Waals surface area contributed by atoms with Gasteiger partial charge in [0.15, 0.2) is 5.82 Å². The van der Waals surface area contributed by atoms with Crippen LogP contribution in [-0.2, 0) is 24.1 Å². The van der Waals surface area contributed by atoms with Gasteiger partial charge in [0.05, 0.1) is 0 Å². The van der Waals surface area contributed by atoms with E-state index in [-0.39, 0.29) is 10.6 Å². The molecule has 1 amide bonds. The lowest BCUT2D eigenvalue weighted by atomic mass is 10.3. The quantitative estimate of drug-likeness (QED) is 0.855. The van der Waals surface area contributed by atoms with E-state index in [2.05, 4.69) is 10.4 Å². The molecule has 0 aromatic carbocycles. The molecule has 8 nitrogen and oxygen atoms in total. The Morgan fingerprint density at radius 3 is 2.59 bits per heavy atom. The van der Waals surface area contributed by atoms with Gasteiger partial charge in [0.25, 0.3) is 5.91 Å². The predicted molar refractivity (Wildman–Crippen MR) is 79.9 cm³/mol. The average molecular weight is 323 g/mol. The molecule has 0 saturated heterocycles. The first kappa shape index (κ1) is 14.8. The second-order valence-corrected chi connectivity index (χ2v) is 7.08. The first-order valence-corrected chi connectivity index (χ1v) is 8.35. The van der Waals surface area contributed by atoms with Crippen molar-refractivity contribution in [1.82, 2.24) is 14.3 Å². The molecule has 22 heavy (non-hydrogen) atoms. The molecule has 1 saturated carbocycles. The van der Waals surface area contributed by atoms with Crippen molar-refractivity contribution < 1.29 is 13.2 Å². The highest BCUT2D eigenvalue weighted by Gasteiger charge is 2.27. The van der Waals surface area contributed by atoms with Crippen LogP contribution in [0.3, 0.4) is 0 Å². The van der Waals surface area contributed by atoms with Crippen LogP contribution >= 0.6 is 0 Å². The van der Waals surface area contributed by atoms with Crippen LogP contribution in [0.2, 0.25) is 0 Å². The molecule has 3 rings (SSSR count). The van der Waals surface area contributed by atoms with E-state index in [1.165, 1.54) is 16.8 Å². The second-order valence-electron chi connectivity index (χ2n) is 5.52. The smallest absolute Gasteiger partial charge is 0.273 e. The minimum Gasteiger partial charge on any atom is -0.345 e. The lowest BCUT2D eigenvalue weighted by molar-refractivity contribution is 0.101. The zero-order valence-corrected chi connectivity index (χ0v) is 13.1. The largest absolute Gasteiger partial charge is 0.345 e. The standard InChI is InChI=1S/C13H17N5O3S/c1-17-7-9(22(14,20)21)5-11(17)13(19)15-12-6-10(8-3-4-8)18(2)16-12/h5-8H,3-4H2,1-2H3,(H2,14,20,21)(H,15,16,19). The normalized spacial score (nSPS) is 15.0. The molecule has 0 unspecified atom stereocenters. The van der Waals surface area contributed by atoms with Crippen molar-refractivity contribution in [3.05, 3.63) is 29.7 Å². The molecular formula is C13H17N5O3S. The van der Waals surface area contributed by atoms with E-state index in [9.17, 15) is 13.2 Å². The molecule has 0 radical (unpaired) electrons. The Bertz CT molecular complexity index is 845. The molecule has 1 aliphatic carbocycles. The molecule has 3 N–H and O–H groups in total. The molecule has 2 heterocycles. The highest BCUT2D eigenvalue weighted by atomic mass is 32.2. The summed E-state index contributed by atoms with van der Waals surface area (Å²) in [6.07, 6.45) is 3.59. The number of sulfonamides is 1. The molecule has 0 aliphatic heterocycles. The van der Waals surface area contributed by atoms with Crippen LogP contribution in [0.25, 0.3) is 0 Å². The van der Waals surface area contributed by atoms with Crippen molar-refractivity contribution in [2.75, 3.05) is 5.32 Å². The van der Waals surface area contributed by atoms with E-state index >= 15 is 0 Å². The molecule has 1 fully saturated rings. The minimum absolute atomic E-state index is 0.0974. The summed E-state index contributed by atoms with van der Waals surface area (Å²) in [6, 6.07) is 3.09. The van der Waals surface area contributed by atoms with Crippen molar-refractivity contribution in [2.45, 2.75) is 23.7 Å². The van der Waals surface area contributed by atoms with Crippen LogP contribution in [0.15, 0.2) is 23.2 Å². The number of nitrogens with one attached hydrogen (secondary N) is 1. The molecule has 0 atom stereocenters. The number of carbonyl (C=O) groups excluding carboxylic acids is 1. The number of nitrogens with two attached hydrogens (primary N) is 1. The summed E-state index contributed by atoms with van der Waals surface area (Å²) in [5, 5.41) is 12.0. The second kappa shape index (κ2) is 4.96. The number of nitrogens with zero attached hydrogens (tertiary/aromatic N) is 3. The van der Waals surface area contributed by atoms with Crippen molar-refractivity contribution in [3.63, 3.8) is 0 Å². The fourth-order valence-electron chi connectivity index (χ4n) is 2.40. The Hall–Kier alpha value is -2.13. The SMILES string of the molecule is Cn1cc(S(N)(=O)=O)cc1C(=O)Nc1cc(C2CC2)n(C)n1. The van der Waals surface area contributed by atoms with Crippen LogP contribution in [0.1, 0.15) is 34.9 Å². The maximum absolute atomic E-state index is 12.3. The summed E-state index contributed by atoms with van der Waals surface area (Å²) >= 11 is 0. The summed E-state index contributed by atoms with van der Waals surface area (Å²) in [5.41, 5.74) is 1.29. The Balaban J connectivity index is 1.82. The van der Waals surface area contributed by atoms with E-state index in [1.807, 2.05) is 13.1 Å². The number of carbonyl (C=O) groups is 1. The van der Waals surface area contributed by atoms with E-state index in [4.69, 9.17) is 5.14 Å². The predicted octanol–water partition coefficient (Wildman–Crippen LogP) is 0.536. The molecule has 2 aromatic rings. The minimum atomic E-state index is -3.84. The van der Waals surface area contributed by atoms with Crippen molar-refractivity contribution >= 4 is 21.7 Å². The first-order valence-electron chi connectivity index (χ1n) is 6.80. The summed E-state index contributed by atoms with van der Waals surface area (Å²) in [4.78, 5) is 12.2. The van der Waals surface area contributed by atoms with Gasteiger partial charge in [0, 0.05) is 38.0 Å². The maximum Gasteiger partial charge on any atom is 0.273 e. The summed E-state index contributed by atoms with van der Waals surface area (Å²) in [5.74, 6) is 0.540. The van der Waals surface area contributed by atoms with E-state index in [1.54, 1.807) is 11.7 Å². The molecule has 0 bridgehead atoms. The molecular weight excluding hydrogens is 306 g/mol. The molecule has 1 aliphatic rings. The van der Waals surface area contributed by atoms with Crippen LogP contribution in [0, 0.1) is 0 Å². The van der Waals surface area contributed by atoms with Crippen molar-refractivity contribution in [1.29, 1.82) is 0 Å². The third kappa shape index (κ3) is 2.77.